The molecule has 0 radical (unpaired) electrons. The second-order valence-electron chi connectivity index (χ2n) is 6.59. The van der Waals surface area contributed by atoms with Gasteiger partial charge in [-0.1, -0.05) is 20.8 Å². The van der Waals surface area contributed by atoms with Crippen LogP contribution < -0.4 is 16.2 Å². The van der Waals surface area contributed by atoms with E-state index in [1.54, 1.807) is 0 Å². The van der Waals surface area contributed by atoms with E-state index in [0.29, 0.717) is 12.0 Å². The number of aromatic nitrogens is 2. The highest BCUT2D eigenvalue weighted by atomic mass is 15.3. The molecular weight excluding hydrogens is 264 g/mol. The number of likely N-dealkylation sites (N-methyl/N-ethyl adjacent to an activating group) is 1. The second kappa shape index (κ2) is 6.15. The molecule has 2 unspecified atom stereocenters. The van der Waals surface area contributed by atoms with Gasteiger partial charge in [-0.05, 0) is 26.9 Å². The van der Waals surface area contributed by atoms with Crippen LogP contribution in [0.4, 0.5) is 11.6 Å². The summed E-state index contributed by atoms with van der Waals surface area (Å²) in [6.07, 6.45) is 0. The van der Waals surface area contributed by atoms with Crippen LogP contribution in [0, 0.1) is 12.8 Å². The number of anilines is 2. The summed E-state index contributed by atoms with van der Waals surface area (Å²) < 4.78 is 0. The van der Waals surface area contributed by atoms with E-state index in [1.165, 1.54) is 0 Å². The number of nitrogens with two attached hydrogens (primary N) is 1. The normalized spacial score (nSPS) is 22.4. The van der Waals surface area contributed by atoms with Crippen LogP contribution in [0.3, 0.4) is 0 Å². The van der Waals surface area contributed by atoms with Crippen LogP contribution in [-0.2, 0) is 0 Å². The van der Waals surface area contributed by atoms with Crippen molar-refractivity contribution in [1.82, 2.24) is 14.9 Å². The number of rotatable bonds is 4. The van der Waals surface area contributed by atoms with Crippen LogP contribution in [0.2, 0.25) is 0 Å². The lowest BCUT2D eigenvalue weighted by Crippen LogP contribution is -2.34. The number of nitrogen functional groups attached to an aromatic ring is 1. The van der Waals surface area contributed by atoms with Gasteiger partial charge in [-0.15, -0.1) is 0 Å². The lowest BCUT2D eigenvalue weighted by Gasteiger charge is -2.24. The van der Waals surface area contributed by atoms with E-state index in [1.807, 2.05) is 6.92 Å². The van der Waals surface area contributed by atoms with E-state index < -0.39 is 0 Å². The molecule has 3 N–H and O–H groups in total. The molecule has 1 saturated heterocycles. The molecule has 21 heavy (non-hydrogen) atoms. The largest absolute Gasteiger partial charge is 0.354 e. The quantitative estimate of drug-likeness (QED) is 0.648. The van der Waals surface area contributed by atoms with Gasteiger partial charge in [0.1, 0.15) is 17.5 Å². The molecule has 2 atom stereocenters. The van der Waals surface area contributed by atoms with Crippen LogP contribution in [0.15, 0.2) is 0 Å². The Hall–Kier alpha value is -1.40. The van der Waals surface area contributed by atoms with Crippen LogP contribution in [0.5, 0.6) is 0 Å². The smallest absolute Gasteiger partial charge is 0.148 e. The van der Waals surface area contributed by atoms with Crippen LogP contribution in [-0.4, -0.2) is 48.1 Å². The molecule has 2 heterocycles. The fourth-order valence-corrected chi connectivity index (χ4v) is 3.02. The molecule has 118 valence electrons. The van der Waals surface area contributed by atoms with E-state index in [9.17, 15) is 0 Å². The zero-order valence-corrected chi connectivity index (χ0v) is 14.0. The van der Waals surface area contributed by atoms with Gasteiger partial charge in [-0.2, -0.15) is 0 Å². The average Bonchev–Trinajstić information content (AvgIpc) is 2.80. The highest BCUT2D eigenvalue weighted by molar-refractivity contribution is 5.59. The Labute approximate surface area is 127 Å². The topological polar surface area (TPSA) is 70.3 Å². The van der Waals surface area contributed by atoms with Gasteiger partial charge in [0.15, 0.2) is 0 Å². The van der Waals surface area contributed by atoms with Gasteiger partial charge in [0.05, 0.1) is 0 Å². The Kier molecular flexibility index (Phi) is 4.68. The minimum atomic E-state index is 0.279. The second-order valence-corrected chi connectivity index (χ2v) is 6.59. The molecule has 1 aromatic heterocycles. The van der Waals surface area contributed by atoms with Gasteiger partial charge in [0, 0.05) is 30.6 Å². The minimum absolute atomic E-state index is 0.279. The third-order valence-electron chi connectivity index (χ3n) is 4.33. The van der Waals surface area contributed by atoms with Gasteiger partial charge in [-0.25, -0.2) is 15.8 Å². The Morgan fingerprint density at radius 3 is 2.43 bits per heavy atom. The molecule has 6 heteroatoms. The number of hydrogen-bond donors (Lipinski definition) is 2. The molecular formula is C15H28N6. The summed E-state index contributed by atoms with van der Waals surface area (Å²) in [6.45, 7) is 10.5. The maximum absolute atomic E-state index is 5.62. The summed E-state index contributed by atoms with van der Waals surface area (Å²) in [5.41, 5.74) is 3.73. The van der Waals surface area contributed by atoms with Crippen molar-refractivity contribution in [3.8, 4) is 0 Å². The molecule has 0 saturated carbocycles. The van der Waals surface area contributed by atoms with Crippen molar-refractivity contribution in [2.45, 2.75) is 39.7 Å². The van der Waals surface area contributed by atoms with Crippen molar-refractivity contribution in [2.75, 3.05) is 37.5 Å². The molecule has 0 spiro atoms. The van der Waals surface area contributed by atoms with Crippen molar-refractivity contribution in [3.63, 3.8) is 0 Å². The first-order valence-corrected chi connectivity index (χ1v) is 7.61. The summed E-state index contributed by atoms with van der Waals surface area (Å²) in [4.78, 5) is 14.0. The summed E-state index contributed by atoms with van der Waals surface area (Å²) >= 11 is 0. The molecule has 1 aromatic rings. The zero-order valence-electron chi connectivity index (χ0n) is 14.0. The zero-order chi connectivity index (χ0) is 15.7. The summed E-state index contributed by atoms with van der Waals surface area (Å²) in [6, 6.07) is 0.552. The first-order chi connectivity index (χ1) is 9.85. The number of nitrogens with zero attached hydrogens (tertiary/aromatic N) is 4. The van der Waals surface area contributed by atoms with Crippen molar-refractivity contribution in [2.24, 2.45) is 11.8 Å². The summed E-state index contributed by atoms with van der Waals surface area (Å²) in [5.74, 6) is 9.09. The van der Waals surface area contributed by atoms with E-state index in [-0.39, 0.29) is 5.92 Å². The molecule has 1 aliphatic rings. The fourth-order valence-electron chi connectivity index (χ4n) is 3.02. The number of nitrogens with one attached hydrogen (secondary N) is 1. The Morgan fingerprint density at radius 1 is 1.29 bits per heavy atom. The fraction of sp³-hybridized carbons (Fsp3) is 0.733. The Morgan fingerprint density at radius 2 is 1.95 bits per heavy atom. The van der Waals surface area contributed by atoms with Crippen LogP contribution >= 0.6 is 0 Å². The predicted molar refractivity (Wildman–Crippen MR) is 87.5 cm³/mol. The van der Waals surface area contributed by atoms with E-state index >= 15 is 0 Å². The van der Waals surface area contributed by atoms with Crippen LogP contribution in [0.25, 0.3) is 0 Å². The number of hydrazine groups is 1. The molecule has 1 fully saturated rings. The Bertz CT molecular complexity index is 499. The average molecular weight is 292 g/mol. The van der Waals surface area contributed by atoms with Gasteiger partial charge in [0.25, 0.3) is 0 Å². The molecule has 6 nitrogen and oxygen atoms in total. The van der Waals surface area contributed by atoms with E-state index in [2.05, 4.69) is 55.1 Å². The maximum Gasteiger partial charge on any atom is 0.148 e. The monoisotopic (exact) mass is 292 g/mol. The molecule has 0 aromatic carbocycles. The van der Waals surface area contributed by atoms with E-state index in [4.69, 9.17) is 10.8 Å². The molecule has 1 aliphatic heterocycles. The molecule has 0 aliphatic carbocycles. The van der Waals surface area contributed by atoms with Crippen LogP contribution in [0.1, 0.15) is 38.1 Å². The predicted octanol–water partition coefficient (Wildman–Crippen LogP) is 1.58. The van der Waals surface area contributed by atoms with Crippen molar-refractivity contribution in [1.29, 1.82) is 0 Å². The van der Waals surface area contributed by atoms with Crippen molar-refractivity contribution >= 4 is 11.6 Å². The van der Waals surface area contributed by atoms with Gasteiger partial charge < -0.3 is 15.2 Å². The van der Waals surface area contributed by atoms with Gasteiger partial charge in [0.2, 0.25) is 0 Å². The standard InChI is InChI=1S/C15H28N6/c1-9(2)13-17-14(19-16)11(4)15(18-13)21-7-10(3)12(8-21)20(5)6/h9-10,12H,7-8,16H2,1-6H3,(H,17,18,19). The third kappa shape index (κ3) is 3.11. The maximum atomic E-state index is 5.62. The van der Waals surface area contributed by atoms with Gasteiger partial charge in [-0.3, -0.25) is 0 Å². The Balaban J connectivity index is 2.37. The third-order valence-corrected chi connectivity index (χ3v) is 4.33. The SMILES string of the molecule is Cc1c(NN)nc(C(C)C)nc1N1CC(C)C(N(C)C)C1. The highest BCUT2D eigenvalue weighted by Gasteiger charge is 2.33. The summed E-state index contributed by atoms with van der Waals surface area (Å²) in [7, 11) is 4.29. The van der Waals surface area contributed by atoms with Crippen molar-refractivity contribution < 1.29 is 0 Å². The minimum Gasteiger partial charge on any atom is -0.354 e. The first kappa shape index (κ1) is 16.0. The van der Waals surface area contributed by atoms with E-state index in [0.717, 1.165) is 36.1 Å². The molecule has 2 rings (SSSR count). The lowest BCUT2D eigenvalue weighted by molar-refractivity contribution is 0.266. The van der Waals surface area contributed by atoms with Crippen molar-refractivity contribution in [3.05, 3.63) is 11.4 Å². The molecule has 0 amide bonds. The number of hydrogen-bond acceptors (Lipinski definition) is 6. The highest BCUT2D eigenvalue weighted by Crippen LogP contribution is 2.30. The van der Waals surface area contributed by atoms with Gasteiger partial charge >= 0.3 is 0 Å². The lowest BCUT2D eigenvalue weighted by atomic mass is 10.1. The molecule has 0 bridgehead atoms. The summed E-state index contributed by atoms with van der Waals surface area (Å²) in [5, 5.41) is 0. The first-order valence-electron chi connectivity index (χ1n) is 7.61.